The molecule has 8 heteroatoms. The van der Waals surface area contributed by atoms with E-state index >= 15 is 0 Å². The number of carbonyl (C=O) groups excluding carboxylic acids is 1. The van der Waals surface area contributed by atoms with Gasteiger partial charge in [0.25, 0.3) is 11.6 Å². The van der Waals surface area contributed by atoms with Crippen molar-refractivity contribution in [1.82, 2.24) is 10.4 Å². The quantitative estimate of drug-likeness (QED) is 0.240. The predicted octanol–water partition coefficient (Wildman–Crippen LogP) is 5.34. The van der Waals surface area contributed by atoms with E-state index in [0.29, 0.717) is 27.7 Å². The number of nitro groups is 1. The van der Waals surface area contributed by atoms with Gasteiger partial charge in [-0.05, 0) is 24.3 Å². The molecule has 1 N–H and O–H groups in total. The molecule has 4 rings (SSSR count). The summed E-state index contributed by atoms with van der Waals surface area (Å²) in [5.74, 6) is -0.404. The lowest BCUT2D eigenvalue weighted by molar-refractivity contribution is -0.384. The first-order chi connectivity index (χ1) is 15.0. The summed E-state index contributed by atoms with van der Waals surface area (Å²) < 4.78 is 0.950. The van der Waals surface area contributed by atoms with Crippen LogP contribution in [0, 0.1) is 10.1 Å². The first-order valence-corrected chi connectivity index (χ1v) is 10.0. The Bertz CT molecular complexity index is 1320. The molecule has 0 atom stereocenters. The Labute approximate surface area is 185 Å². The summed E-state index contributed by atoms with van der Waals surface area (Å²) in [4.78, 5) is 28.0. The van der Waals surface area contributed by atoms with E-state index in [0.717, 1.165) is 10.0 Å². The summed E-state index contributed by atoms with van der Waals surface area (Å²) in [6.45, 7) is 0. The van der Waals surface area contributed by atoms with Gasteiger partial charge in [0.05, 0.1) is 27.9 Å². The van der Waals surface area contributed by atoms with E-state index in [2.05, 4.69) is 31.4 Å². The average molecular weight is 475 g/mol. The number of fused-ring (bicyclic) bond motifs is 1. The van der Waals surface area contributed by atoms with Gasteiger partial charge in [0.1, 0.15) is 0 Å². The number of hydrogen-bond donors (Lipinski definition) is 1. The zero-order valence-electron chi connectivity index (χ0n) is 16.0. The van der Waals surface area contributed by atoms with Gasteiger partial charge >= 0.3 is 0 Å². The number of hydrogen-bond acceptors (Lipinski definition) is 5. The van der Waals surface area contributed by atoms with Gasteiger partial charge in [-0.15, -0.1) is 0 Å². The second kappa shape index (κ2) is 8.85. The van der Waals surface area contributed by atoms with Gasteiger partial charge in [0.2, 0.25) is 0 Å². The van der Waals surface area contributed by atoms with Crippen molar-refractivity contribution in [2.75, 3.05) is 0 Å². The van der Waals surface area contributed by atoms with E-state index in [1.54, 1.807) is 18.2 Å². The largest absolute Gasteiger partial charge is 0.272 e. The van der Waals surface area contributed by atoms with Crippen LogP contribution in [-0.2, 0) is 0 Å². The number of para-hydroxylation sites is 1. The first-order valence-electron chi connectivity index (χ1n) is 9.25. The van der Waals surface area contributed by atoms with Crippen LogP contribution >= 0.6 is 15.9 Å². The molecule has 4 aromatic rings. The van der Waals surface area contributed by atoms with Crippen LogP contribution in [0.5, 0.6) is 0 Å². The van der Waals surface area contributed by atoms with E-state index < -0.39 is 10.8 Å². The number of non-ortho nitro benzene ring substituents is 1. The van der Waals surface area contributed by atoms with Gasteiger partial charge in [0, 0.05) is 33.1 Å². The normalized spacial score (nSPS) is 11.0. The van der Waals surface area contributed by atoms with Crippen LogP contribution in [0.1, 0.15) is 15.9 Å². The SMILES string of the molecule is O=C(N/N=C/c1cccc([N+](=O)[O-])c1)c1cc(-c2ccc(Br)cc2)nc2ccccc12. The Morgan fingerprint density at radius 3 is 2.58 bits per heavy atom. The zero-order chi connectivity index (χ0) is 21.8. The van der Waals surface area contributed by atoms with Crippen LogP contribution in [0.3, 0.4) is 0 Å². The van der Waals surface area contributed by atoms with Gasteiger partial charge in [-0.25, -0.2) is 10.4 Å². The highest BCUT2D eigenvalue weighted by atomic mass is 79.9. The van der Waals surface area contributed by atoms with Crippen LogP contribution in [-0.4, -0.2) is 22.0 Å². The zero-order valence-corrected chi connectivity index (χ0v) is 17.6. The van der Waals surface area contributed by atoms with E-state index in [-0.39, 0.29) is 5.69 Å². The second-order valence-corrected chi connectivity index (χ2v) is 7.55. The molecule has 0 aliphatic rings. The van der Waals surface area contributed by atoms with Crippen LogP contribution in [0.15, 0.2) is 88.4 Å². The number of nitrogens with one attached hydrogen (secondary N) is 1. The topological polar surface area (TPSA) is 97.5 Å². The van der Waals surface area contributed by atoms with Gasteiger partial charge in [-0.2, -0.15) is 5.10 Å². The molecule has 0 saturated heterocycles. The van der Waals surface area contributed by atoms with Crippen molar-refractivity contribution in [3.8, 4) is 11.3 Å². The van der Waals surface area contributed by atoms with Crippen LogP contribution in [0.25, 0.3) is 22.2 Å². The number of rotatable bonds is 5. The van der Waals surface area contributed by atoms with Crippen molar-refractivity contribution in [3.05, 3.63) is 105 Å². The number of benzene rings is 3. The molecule has 1 heterocycles. The van der Waals surface area contributed by atoms with Crippen molar-refractivity contribution < 1.29 is 9.72 Å². The van der Waals surface area contributed by atoms with Gasteiger partial charge in [0.15, 0.2) is 0 Å². The molecule has 0 unspecified atom stereocenters. The van der Waals surface area contributed by atoms with Crippen molar-refractivity contribution in [1.29, 1.82) is 0 Å². The second-order valence-electron chi connectivity index (χ2n) is 6.63. The highest BCUT2D eigenvalue weighted by molar-refractivity contribution is 9.10. The maximum atomic E-state index is 12.9. The van der Waals surface area contributed by atoms with Gasteiger partial charge in [-0.1, -0.05) is 58.4 Å². The molecule has 0 radical (unpaired) electrons. The van der Waals surface area contributed by atoms with Crippen molar-refractivity contribution in [2.45, 2.75) is 0 Å². The molecule has 0 aliphatic heterocycles. The average Bonchev–Trinajstić information content (AvgIpc) is 2.79. The molecule has 0 fully saturated rings. The number of halogens is 1. The highest BCUT2D eigenvalue weighted by Gasteiger charge is 2.13. The summed E-state index contributed by atoms with van der Waals surface area (Å²) >= 11 is 3.42. The molecule has 3 aromatic carbocycles. The number of pyridine rings is 1. The Morgan fingerprint density at radius 1 is 1.03 bits per heavy atom. The fraction of sp³-hybridized carbons (Fsp3) is 0. The van der Waals surface area contributed by atoms with E-state index in [1.807, 2.05) is 48.5 Å². The molecule has 152 valence electrons. The Kier molecular flexibility index (Phi) is 5.81. The maximum absolute atomic E-state index is 12.9. The van der Waals surface area contributed by atoms with E-state index in [9.17, 15) is 14.9 Å². The van der Waals surface area contributed by atoms with Gasteiger partial charge in [-0.3, -0.25) is 14.9 Å². The summed E-state index contributed by atoms with van der Waals surface area (Å²) in [5, 5.41) is 15.6. The summed E-state index contributed by atoms with van der Waals surface area (Å²) in [7, 11) is 0. The molecular formula is C23H15BrN4O3. The Balaban J connectivity index is 1.65. The minimum absolute atomic E-state index is 0.0467. The molecule has 7 nitrogen and oxygen atoms in total. The summed E-state index contributed by atoms with van der Waals surface area (Å²) in [6, 6.07) is 22.8. The lowest BCUT2D eigenvalue weighted by Crippen LogP contribution is -2.18. The number of hydrazone groups is 1. The minimum atomic E-state index is -0.483. The molecule has 0 saturated carbocycles. The summed E-state index contributed by atoms with van der Waals surface area (Å²) in [5.41, 5.74) is 5.62. The third kappa shape index (κ3) is 4.65. The Morgan fingerprint density at radius 2 is 1.81 bits per heavy atom. The number of aromatic nitrogens is 1. The monoisotopic (exact) mass is 474 g/mol. The number of nitrogens with zero attached hydrogens (tertiary/aromatic N) is 3. The van der Waals surface area contributed by atoms with E-state index in [4.69, 9.17) is 0 Å². The van der Waals surface area contributed by atoms with Crippen molar-refractivity contribution in [3.63, 3.8) is 0 Å². The van der Waals surface area contributed by atoms with E-state index in [1.165, 1.54) is 18.3 Å². The highest BCUT2D eigenvalue weighted by Crippen LogP contribution is 2.26. The number of amides is 1. The van der Waals surface area contributed by atoms with Crippen molar-refractivity contribution in [2.24, 2.45) is 5.10 Å². The lowest BCUT2D eigenvalue weighted by atomic mass is 10.0. The molecule has 1 amide bonds. The predicted molar refractivity (Wildman–Crippen MR) is 123 cm³/mol. The smallest absolute Gasteiger partial charge is 0.267 e. The fourth-order valence-corrected chi connectivity index (χ4v) is 3.34. The standard InChI is InChI=1S/C23H15BrN4O3/c24-17-10-8-16(9-11-17)22-13-20(19-6-1-2-7-21(19)26-22)23(29)27-25-14-15-4-3-5-18(12-15)28(30)31/h1-14H,(H,27,29)/b25-14+. The minimum Gasteiger partial charge on any atom is -0.267 e. The summed E-state index contributed by atoms with van der Waals surface area (Å²) in [6.07, 6.45) is 1.36. The molecule has 31 heavy (non-hydrogen) atoms. The number of nitro benzene ring substituents is 1. The maximum Gasteiger partial charge on any atom is 0.272 e. The van der Waals surface area contributed by atoms with Gasteiger partial charge < -0.3 is 0 Å². The molecule has 0 bridgehead atoms. The molecule has 0 spiro atoms. The lowest BCUT2D eigenvalue weighted by Gasteiger charge is -2.09. The molecule has 1 aromatic heterocycles. The third-order valence-electron chi connectivity index (χ3n) is 4.56. The fourth-order valence-electron chi connectivity index (χ4n) is 3.08. The van der Waals surface area contributed by atoms with Crippen LogP contribution in [0.4, 0.5) is 5.69 Å². The third-order valence-corrected chi connectivity index (χ3v) is 5.09. The Hall–Kier alpha value is -3.91. The van der Waals surface area contributed by atoms with Crippen LogP contribution < -0.4 is 5.43 Å². The molecular weight excluding hydrogens is 460 g/mol. The first kappa shape index (κ1) is 20.4. The molecule has 0 aliphatic carbocycles. The van der Waals surface area contributed by atoms with Crippen molar-refractivity contribution >= 4 is 44.6 Å². The van der Waals surface area contributed by atoms with Crippen LogP contribution in [0.2, 0.25) is 0 Å². The number of carbonyl (C=O) groups is 1.